The quantitative estimate of drug-likeness (QED) is 0.165. The Labute approximate surface area is 406 Å². The van der Waals surface area contributed by atoms with Gasteiger partial charge in [0.1, 0.15) is 11.6 Å². The number of para-hydroxylation sites is 1. The Kier molecular flexibility index (Phi) is 9.61. The smallest absolute Gasteiger partial charge is 0.149 e. The lowest BCUT2D eigenvalue weighted by Gasteiger charge is -2.27. The maximum atomic E-state index is 12.6. The van der Waals surface area contributed by atoms with Crippen molar-refractivity contribution in [2.45, 2.75) is 132 Å². The molecule has 338 valence electrons. The van der Waals surface area contributed by atoms with Gasteiger partial charge in [-0.25, -0.2) is 4.98 Å². The molecule has 4 nitrogen and oxygen atoms in total. The standard InChI is InChI=1S/C62H69N3O/c1-37(2)44-28-45(38(3)4)30-46(29-44)42-23-24-55(40(6)27-42)65-56-18-16-17-51(57(56)64-59(65)52-35-50(61(10,11)12)36-53(58(52)66)62(13,14)15)47-31-48(33-49(32-47)60(7,8)9)54-34-43(25-26-63-54)41-21-19-39(5)20-22-41/h16-38,66H,1-15H3/i5D3,6D3,37D,38D. The minimum absolute atomic E-state index is 0.0621. The molecule has 0 unspecified atom stereocenters. The average molecular weight is 880 g/mol. The molecule has 0 radical (unpaired) electrons. The van der Waals surface area contributed by atoms with Crippen molar-refractivity contribution < 1.29 is 16.1 Å². The summed E-state index contributed by atoms with van der Waals surface area (Å²) in [5, 5.41) is 12.6. The minimum atomic E-state index is -2.62. The van der Waals surface area contributed by atoms with Crippen LogP contribution in [0.3, 0.4) is 0 Å². The Hall–Kier alpha value is -6.26. The number of imidazole rings is 1. The van der Waals surface area contributed by atoms with E-state index in [1.807, 2.05) is 83.4 Å². The molecule has 0 aliphatic heterocycles. The summed E-state index contributed by atoms with van der Waals surface area (Å²) in [6.45, 7) is 21.5. The number of phenols is 1. The van der Waals surface area contributed by atoms with E-state index in [0.717, 1.165) is 50.2 Å². The molecule has 0 saturated heterocycles. The highest BCUT2D eigenvalue weighted by molar-refractivity contribution is 5.97. The maximum absolute atomic E-state index is 12.6. The van der Waals surface area contributed by atoms with Crippen LogP contribution in [0.2, 0.25) is 0 Å². The van der Waals surface area contributed by atoms with E-state index in [1.165, 1.54) is 0 Å². The number of phenolic OH excluding ortho intramolecular Hbond substituents is 1. The summed E-state index contributed by atoms with van der Waals surface area (Å²) >= 11 is 0. The fourth-order valence-electron chi connectivity index (χ4n) is 8.64. The number of fused-ring (bicyclic) bond motifs is 1. The number of aromatic nitrogens is 3. The first-order valence-corrected chi connectivity index (χ1v) is 22.9. The predicted octanol–water partition coefficient (Wildman–Crippen LogP) is 17.2. The molecule has 0 bridgehead atoms. The summed E-state index contributed by atoms with van der Waals surface area (Å²) in [7, 11) is 0. The first kappa shape index (κ1) is 36.9. The maximum Gasteiger partial charge on any atom is 0.149 e. The van der Waals surface area contributed by atoms with Crippen LogP contribution in [0.1, 0.15) is 152 Å². The van der Waals surface area contributed by atoms with Gasteiger partial charge in [0.2, 0.25) is 0 Å². The van der Waals surface area contributed by atoms with E-state index in [4.69, 9.17) is 20.9 Å². The van der Waals surface area contributed by atoms with Gasteiger partial charge in [-0.05, 0) is 146 Å². The molecular weight excluding hydrogens is 803 g/mol. The summed E-state index contributed by atoms with van der Waals surface area (Å²) < 4.78 is 70.8. The zero-order chi connectivity index (χ0) is 54.5. The van der Waals surface area contributed by atoms with Crippen LogP contribution in [0, 0.1) is 13.7 Å². The highest BCUT2D eigenvalue weighted by Gasteiger charge is 2.29. The van der Waals surface area contributed by atoms with Gasteiger partial charge in [-0.2, -0.15) is 0 Å². The number of hydrogen-bond donors (Lipinski definition) is 1. The summed E-state index contributed by atoms with van der Waals surface area (Å²) in [5.74, 6) is -1.52. The SMILES string of the molecule is [2H]C([2H])([2H])c1ccc(-c2ccnc(-c3cc(-c4cccc5c4nc(-c4cc(C(C)(C)C)cc(C(C)(C)C)c4O)n5-c4ccc(-c5cc(C([2H])(C)C)cc(C([2H])(C)C)c5)cc4C([2H])([2H])[2H])cc(C(C)(C)C)c3)c2)cc1. The van der Waals surface area contributed by atoms with Crippen LogP contribution in [0.5, 0.6) is 5.75 Å². The molecule has 8 aromatic rings. The summed E-state index contributed by atoms with van der Waals surface area (Å²) in [6, 6.07) is 38.4. The van der Waals surface area contributed by atoms with E-state index in [-0.39, 0.29) is 27.7 Å². The van der Waals surface area contributed by atoms with Crippen molar-refractivity contribution in [3.63, 3.8) is 0 Å². The third kappa shape index (κ3) is 9.12. The van der Waals surface area contributed by atoms with Crippen LogP contribution >= 0.6 is 0 Å². The van der Waals surface area contributed by atoms with E-state index in [1.54, 1.807) is 52.1 Å². The second kappa shape index (κ2) is 17.2. The predicted molar refractivity (Wildman–Crippen MR) is 281 cm³/mol. The molecule has 4 heteroatoms. The molecular formula is C62H69N3O. The molecule has 2 aromatic heterocycles. The summed E-state index contributed by atoms with van der Waals surface area (Å²) in [5.41, 5.74) is 11.9. The van der Waals surface area contributed by atoms with Gasteiger partial charge < -0.3 is 5.11 Å². The van der Waals surface area contributed by atoms with E-state index in [2.05, 4.69) is 86.6 Å². The van der Waals surface area contributed by atoms with Gasteiger partial charge in [0, 0.05) is 33.9 Å². The molecule has 66 heavy (non-hydrogen) atoms. The zero-order valence-corrected chi connectivity index (χ0v) is 40.9. The Morgan fingerprint density at radius 1 is 0.561 bits per heavy atom. The molecule has 0 aliphatic carbocycles. The zero-order valence-electron chi connectivity index (χ0n) is 48.9. The van der Waals surface area contributed by atoms with Crippen molar-refractivity contribution >= 4 is 11.0 Å². The van der Waals surface area contributed by atoms with E-state index >= 15 is 0 Å². The van der Waals surface area contributed by atoms with Crippen molar-refractivity contribution in [3.05, 3.63) is 166 Å². The number of aryl methyl sites for hydroxylation is 2. The number of aromatic hydroxyl groups is 1. The van der Waals surface area contributed by atoms with Gasteiger partial charge >= 0.3 is 0 Å². The van der Waals surface area contributed by atoms with Crippen LogP contribution in [0.25, 0.3) is 72.7 Å². The highest BCUT2D eigenvalue weighted by Crippen LogP contribution is 2.45. The van der Waals surface area contributed by atoms with Gasteiger partial charge in [-0.15, -0.1) is 0 Å². The third-order valence-corrected chi connectivity index (χ3v) is 12.8. The molecule has 0 saturated carbocycles. The first-order valence-electron chi connectivity index (χ1n) is 26.9. The van der Waals surface area contributed by atoms with Crippen molar-refractivity contribution in [1.29, 1.82) is 0 Å². The van der Waals surface area contributed by atoms with Crippen molar-refractivity contribution in [2.75, 3.05) is 0 Å². The Bertz CT molecular complexity index is 3410. The largest absolute Gasteiger partial charge is 0.507 e. The molecule has 0 amide bonds. The monoisotopic (exact) mass is 880 g/mol. The number of nitrogens with zero attached hydrogens (tertiary/aromatic N) is 3. The van der Waals surface area contributed by atoms with Gasteiger partial charge in [-0.1, -0.05) is 168 Å². The first-order chi connectivity index (χ1) is 34.0. The van der Waals surface area contributed by atoms with Crippen LogP contribution in [0.15, 0.2) is 128 Å². The lowest BCUT2D eigenvalue weighted by atomic mass is 9.79. The van der Waals surface area contributed by atoms with Crippen molar-refractivity contribution in [3.8, 4) is 67.5 Å². The van der Waals surface area contributed by atoms with Gasteiger partial charge in [0.05, 0.1) is 28.0 Å². The third-order valence-electron chi connectivity index (χ3n) is 12.8. The van der Waals surface area contributed by atoms with Crippen molar-refractivity contribution in [1.82, 2.24) is 14.5 Å². The molecule has 1 N–H and O–H groups in total. The van der Waals surface area contributed by atoms with Crippen molar-refractivity contribution in [2.24, 2.45) is 0 Å². The average Bonchev–Trinajstić information content (AvgIpc) is 3.68. The molecule has 2 heterocycles. The number of rotatable bonds is 8. The Balaban J connectivity index is 1.43. The van der Waals surface area contributed by atoms with E-state index in [0.29, 0.717) is 50.4 Å². The topological polar surface area (TPSA) is 50.9 Å². The van der Waals surface area contributed by atoms with Crippen LogP contribution < -0.4 is 0 Å². The normalized spacial score (nSPS) is 15.0. The minimum Gasteiger partial charge on any atom is -0.507 e. The molecule has 6 aromatic carbocycles. The molecule has 0 atom stereocenters. The summed E-state index contributed by atoms with van der Waals surface area (Å²) in [4.78, 5) is 10.4. The second-order valence-corrected chi connectivity index (χ2v) is 21.5. The van der Waals surface area contributed by atoms with Gasteiger partial charge in [0.15, 0.2) is 0 Å². The Morgan fingerprint density at radius 2 is 1.20 bits per heavy atom. The summed E-state index contributed by atoms with van der Waals surface area (Å²) in [6.07, 6.45) is 1.76. The molecule has 0 aliphatic rings. The van der Waals surface area contributed by atoms with Crippen LogP contribution in [0.4, 0.5) is 0 Å². The molecule has 8 rings (SSSR count). The number of hydrogen-bond acceptors (Lipinski definition) is 3. The van der Waals surface area contributed by atoms with Gasteiger partial charge in [-0.3, -0.25) is 9.55 Å². The fourth-order valence-corrected chi connectivity index (χ4v) is 8.64. The van der Waals surface area contributed by atoms with E-state index < -0.39 is 30.9 Å². The fraction of sp³-hybridized carbons (Fsp3) is 0.323. The lowest BCUT2D eigenvalue weighted by molar-refractivity contribution is 0.446. The Morgan fingerprint density at radius 3 is 1.82 bits per heavy atom. The highest BCUT2D eigenvalue weighted by atomic mass is 16.3. The number of pyridine rings is 1. The van der Waals surface area contributed by atoms with Gasteiger partial charge in [0.25, 0.3) is 0 Å². The molecule has 0 spiro atoms. The van der Waals surface area contributed by atoms with Crippen LogP contribution in [-0.4, -0.2) is 19.6 Å². The number of benzene rings is 6. The van der Waals surface area contributed by atoms with Crippen LogP contribution in [-0.2, 0) is 16.2 Å². The van der Waals surface area contributed by atoms with E-state index in [9.17, 15) is 5.11 Å². The second-order valence-electron chi connectivity index (χ2n) is 21.5. The molecule has 0 fully saturated rings. The lowest BCUT2D eigenvalue weighted by Crippen LogP contribution is -2.17.